The maximum Gasteiger partial charge on any atom is 0.257 e. The molecular weight excluding hydrogens is 312 g/mol. The molecule has 0 saturated carbocycles. The number of rotatable bonds is 5. The number of hydrogen-bond donors (Lipinski definition) is 2. The van der Waals surface area contributed by atoms with Crippen LogP contribution in [0.5, 0.6) is 5.75 Å². The number of carbonyl (C=O) groups excluding carboxylic acids is 2. The number of likely N-dealkylation sites (N-methyl/N-ethyl adjacent to an activating group) is 1. The summed E-state index contributed by atoms with van der Waals surface area (Å²) in [7, 11) is 1.52. The molecule has 19 heavy (non-hydrogen) atoms. The number of aromatic hydroxyl groups is 1. The van der Waals surface area contributed by atoms with Crippen LogP contribution in [0.1, 0.15) is 23.7 Å². The number of amides is 2. The Balaban J connectivity index is 2.71. The maximum atomic E-state index is 12.1. The van der Waals surface area contributed by atoms with E-state index in [-0.39, 0.29) is 23.8 Å². The third-order valence-electron chi connectivity index (χ3n) is 2.49. The van der Waals surface area contributed by atoms with Crippen LogP contribution in [0.2, 0.25) is 0 Å². The lowest BCUT2D eigenvalue weighted by Gasteiger charge is -2.17. The van der Waals surface area contributed by atoms with E-state index in [2.05, 4.69) is 21.2 Å². The number of nitrogens with zero attached hydrogens (tertiary/aromatic N) is 1. The molecule has 0 fully saturated rings. The third kappa shape index (κ3) is 4.55. The van der Waals surface area contributed by atoms with Crippen LogP contribution < -0.4 is 5.32 Å². The Labute approximate surface area is 120 Å². The summed E-state index contributed by atoms with van der Waals surface area (Å²) in [6.45, 7) is 2.50. The highest BCUT2D eigenvalue weighted by atomic mass is 79.9. The van der Waals surface area contributed by atoms with Gasteiger partial charge in [-0.05, 0) is 24.6 Å². The number of phenolic OH excluding ortho intramolecular Hbond substituents is 1. The molecular formula is C13H17BrN2O3. The number of benzene rings is 1. The Bertz CT molecular complexity index is 477. The zero-order valence-corrected chi connectivity index (χ0v) is 12.5. The predicted octanol–water partition coefficient (Wildman–Crippen LogP) is 1.75. The maximum absolute atomic E-state index is 12.1. The number of nitrogens with one attached hydrogen (secondary N) is 1. The predicted molar refractivity (Wildman–Crippen MR) is 76.1 cm³/mol. The minimum absolute atomic E-state index is 0.0369. The van der Waals surface area contributed by atoms with Gasteiger partial charge in [-0.25, -0.2) is 0 Å². The molecule has 2 N–H and O–H groups in total. The molecule has 0 heterocycles. The topological polar surface area (TPSA) is 69.6 Å². The van der Waals surface area contributed by atoms with Gasteiger partial charge in [0.1, 0.15) is 5.75 Å². The lowest BCUT2D eigenvalue weighted by atomic mass is 10.2. The van der Waals surface area contributed by atoms with Gasteiger partial charge in [0.05, 0.1) is 12.1 Å². The first-order valence-electron chi connectivity index (χ1n) is 5.96. The Morgan fingerprint density at radius 3 is 2.74 bits per heavy atom. The smallest absolute Gasteiger partial charge is 0.257 e. The van der Waals surface area contributed by atoms with E-state index in [9.17, 15) is 14.7 Å². The first-order valence-corrected chi connectivity index (χ1v) is 6.75. The minimum Gasteiger partial charge on any atom is -0.507 e. The van der Waals surface area contributed by atoms with Crippen molar-refractivity contribution in [3.05, 3.63) is 28.2 Å². The molecule has 1 rings (SSSR count). The number of hydrogen-bond acceptors (Lipinski definition) is 3. The van der Waals surface area contributed by atoms with E-state index in [0.29, 0.717) is 11.0 Å². The number of halogens is 1. The molecule has 6 heteroatoms. The second-order valence-corrected chi connectivity index (χ2v) is 5.09. The summed E-state index contributed by atoms with van der Waals surface area (Å²) in [4.78, 5) is 24.9. The van der Waals surface area contributed by atoms with Crippen molar-refractivity contribution < 1.29 is 14.7 Å². The van der Waals surface area contributed by atoms with Gasteiger partial charge < -0.3 is 15.3 Å². The Morgan fingerprint density at radius 1 is 1.42 bits per heavy atom. The van der Waals surface area contributed by atoms with Crippen molar-refractivity contribution in [1.82, 2.24) is 10.2 Å². The van der Waals surface area contributed by atoms with E-state index in [4.69, 9.17) is 0 Å². The molecule has 0 aliphatic carbocycles. The zero-order valence-electron chi connectivity index (χ0n) is 10.9. The summed E-state index contributed by atoms with van der Waals surface area (Å²) in [5.41, 5.74) is 0.167. The largest absolute Gasteiger partial charge is 0.507 e. The third-order valence-corrected chi connectivity index (χ3v) is 2.98. The van der Waals surface area contributed by atoms with Gasteiger partial charge in [0.15, 0.2) is 0 Å². The molecule has 0 radical (unpaired) electrons. The van der Waals surface area contributed by atoms with Crippen LogP contribution in [0.15, 0.2) is 22.7 Å². The van der Waals surface area contributed by atoms with Crippen LogP contribution in [0, 0.1) is 0 Å². The van der Waals surface area contributed by atoms with Crippen molar-refractivity contribution in [2.75, 3.05) is 20.1 Å². The van der Waals surface area contributed by atoms with Crippen LogP contribution >= 0.6 is 15.9 Å². The molecule has 1 aromatic rings. The fourth-order valence-electron chi connectivity index (χ4n) is 1.49. The highest BCUT2D eigenvalue weighted by Crippen LogP contribution is 2.22. The van der Waals surface area contributed by atoms with Crippen LogP contribution in [0.25, 0.3) is 0 Å². The van der Waals surface area contributed by atoms with Crippen LogP contribution in [0.4, 0.5) is 0 Å². The van der Waals surface area contributed by atoms with Gasteiger partial charge in [0.25, 0.3) is 5.91 Å². The summed E-state index contributed by atoms with van der Waals surface area (Å²) in [5, 5.41) is 12.4. The summed E-state index contributed by atoms with van der Waals surface area (Å²) in [6.07, 6.45) is 0.843. The summed E-state index contributed by atoms with van der Waals surface area (Å²) in [5.74, 6) is -0.716. The van der Waals surface area contributed by atoms with E-state index >= 15 is 0 Å². The van der Waals surface area contributed by atoms with Gasteiger partial charge in [-0.15, -0.1) is 0 Å². The van der Waals surface area contributed by atoms with Crippen LogP contribution in [-0.2, 0) is 4.79 Å². The van der Waals surface area contributed by atoms with Crippen molar-refractivity contribution in [2.45, 2.75) is 13.3 Å². The van der Waals surface area contributed by atoms with Crippen molar-refractivity contribution >= 4 is 27.7 Å². The average molecular weight is 329 g/mol. The fourth-order valence-corrected chi connectivity index (χ4v) is 1.85. The van der Waals surface area contributed by atoms with Gasteiger partial charge in [0, 0.05) is 18.1 Å². The van der Waals surface area contributed by atoms with E-state index < -0.39 is 5.91 Å². The summed E-state index contributed by atoms with van der Waals surface area (Å²) in [6, 6.07) is 4.60. The van der Waals surface area contributed by atoms with Crippen LogP contribution in [-0.4, -0.2) is 42.0 Å². The first kappa shape index (κ1) is 15.5. The zero-order chi connectivity index (χ0) is 14.4. The summed E-state index contributed by atoms with van der Waals surface area (Å²) < 4.78 is 0.692. The Hall–Kier alpha value is -1.56. The highest BCUT2D eigenvalue weighted by Gasteiger charge is 2.18. The fraction of sp³-hybridized carbons (Fsp3) is 0.385. The van der Waals surface area contributed by atoms with Gasteiger partial charge >= 0.3 is 0 Å². The van der Waals surface area contributed by atoms with E-state index in [1.807, 2.05) is 6.92 Å². The molecule has 2 amide bonds. The van der Waals surface area contributed by atoms with Crippen molar-refractivity contribution in [3.63, 3.8) is 0 Å². The van der Waals surface area contributed by atoms with E-state index in [1.165, 1.54) is 24.1 Å². The van der Waals surface area contributed by atoms with E-state index in [0.717, 1.165) is 6.42 Å². The Kier molecular flexibility index (Phi) is 5.82. The van der Waals surface area contributed by atoms with Crippen molar-refractivity contribution in [3.8, 4) is 5.75 Å². The lowest BCUT2D eigenvalue weighted by Crippen LogP contribution is -2.38. The van der Waals surface area contributed by atoms with Gasteiger partial charge in [-0.2, -0.15) is 0 Å². The second-order valence-electron chi connectivity index (χ2n) is 4.17. The molecule has 0 spiro atoms. The van der Waals surface area contributed by atoms with Crippen molar-refractivity contribution in [2.24, 2.45) is 0 Å². The molecule has 0 aliphatic heterocycles. The van der Waals surface area contributed by atoms with Crippen LogP contribution in [0.3, 0.4) is 0 Å². The molecule has 0 aromatic heterocycles. The molecule has 5 nitrogen and oxygen atoms in total. The molecule has 0 aliphatic rings. The SMILES string of the molecule is CCCNC(=O)CN(C)C(=O)c1cc(Br)ccc1O. The second kappa shape index (κ2) is 7.13. The van der Waals surface area contributed by atoms with Crippen molar-refractivity contribution in [1.29, 1.82) is 0 Å². The standard InChI is InChI=1S/C13H17BrN2O3/c1-3-6-15-12(18)8-16(2)13(19)10-7-9(14)4-5-11(10)17/h4-5,7,17H,3,6,8H2,1-2H3,(H,15,18). The molecule has 104 valence electrons. The quantitative estimate of drug-likeness (QED) is 0.865. The van der Waals surface area contributed by atoms with Gasteiger partial charge in [-0.1, -0.05) is 22.9 Å². The van der Waals surface area contributed by atoms with E-state index in [1.54, 1.807) is 6.07 Å². The first-order chi connectivity index (χ1) is 8.95. The molecule has 1 aromatic carbocycles. The highest BCUT2D eigenvalue weighted by molar-refractivity contribution is 9.10. The minimum atomic E-state index is -0.398. The summed E-state index contributed by atoms with van der Waals surface area (Å²) >= 11 is 3.24. The Morgan fingerprint density at radius 2 is 2.11 bits per heavy atom. The molecule has 0 unspecified atom stereocenters. The normalized spacial score (nSPS) is 10.1. The number of phenols is 1. The van der Waals surface area contributed by atoms with Gasteiger partial charge in [0.2, 0.25) is 5.91 Å². The monoisotopic (exact) mass is 328 g/mol. The van der Waals surface area contributed by atoms with Gasteiger partial charge in [-0.3, -0.25) is 9.59 Å². The molecule has 0 atom stereocenters. The average Bonchev–Trinajstić information content (AvgIpc) is 2.38. The molecule has 0 bridgehead atoms. The number of carbonyl (C=O) groups is 2. The lowest BCUT2D eigenvalue weighted by molar-refractivity contribution is -0.121. The molecule has 0 saturated heterocycles.